The predicted molar refractivity (Wildman–Crippen MR) is 72.7 cm³/mol. The van der Waals surface area contributed by atoms with E-state index in [0.717, 1.165) is 11.3 Å². The first-order valence-corrected chi connectivity index (χ1v) is 7.55. The molecule has 0 radical (unpaired) electrons. The molecule has 7 heteroatoms. The summed E-state index contributed by atoms with van der Waals surface area (Å²) in [6.45, 7) is 1.69. The first kappa shape index (κ1) is 13.4. The molecule has 2 N–H and O–H groups in total. The van der Waals surface area contributed by atoms with Gasteiger partial charge in [0.2, 0.25) is 0 Å². The summed E-state index contributed by atoms with van der Waals surface area (Å²) in [6.07, 6.45) is 0. The predicted octanol–water partition coefficient (Wildman–Crippen LogP) is 2.43. The highest BCUT2D eigenvalue weighted by atomic mass is 32.2. The normalized spacial score (nSPS) is 10.9. The molecule has 0 bridgehead atoms. The average Bonchev–Trinajstić information content (AvgIpc) is 2.82. The lowest BCUT2D eigenvalue weighted by molar-refractivity contribution is 0.475. The summed E-state index contributed by atoms with van der Waals surface area (Å²) < 4.78 is 26.7. The molecule has 2 rings (SSSR count). The number of hydrogen-bond acceptors (Lipinski definition) is 5. The van der Waals surface area contributed by atoms with E-state index in [2.05, 4.69) is 4.72 Å². The van der Waals surface area contributed by atoms with Crippen LogP contribution in [0.15, 0.2) is 34.5 Å². The van der Waals surface area contributed by atoms with E-state index >= 15 is 0 Å². The van der Waals surface area contributed by atoms with Crippen LogP contribution in [0, 0.1) is 18.3 Å². The SMILES string of the molecule is Cc1cc(O)ccc1NS(=O)(=O)c1ccc(C#N)s1. The fourth-order valence-electron chi connectivity index (χ4n) is 1.48. The summed E-state index contributed by atoms with van der Waals surface area (Å²) in [7, 11) is -3.70. The Morgan fingerprint density at radius 3 is 2.63 bits per heavy atom. The topological polar surface area (TPSA) is 90.2 Å². The third-order valence-corrected chi connectivity index (χ3v) is 5.26. The molecule has 0 atom stereocenters. The Labute approximate surface area is 114 Å². The molecule has 5 nitrogen and oxygen atoms in total. The number of nitrogens with one attached hydrogen (secondary N) is 1. The molecule has 1 aromatic heterocycles. The monoisotopic (exact) mass is 294 g/mol. The first-order valence-electron chi connectivity index (χ1n) is 5.25. The number of anilines is 1. The van der Waals surface area contributed by atoms with Crippen molar-refractivity contribution in [2.75, 3.05) is 4.72 Å². The molecule has 0 saturated heterocycles. The molecular weight excluding hydrogens is 284 g/mol. The van der Waals surface area contributed by atoms with Gasteiger partial charge in [0.1, 0.15) is 20.9 Å². The van der Waals surface area contributed by atoms with Gasteiger partial charge in [0, 0.05) is 0 Å². The number of rotatable bonds is 3. The van der Waals surface area contributed by atoms with E-state index in [1.165, 1.54) is 30.3 Å². The van der Waals surface area contributed by atoms with Gasteiger partial charge in [0.25, 0.3) is 10.0 Å². The lowest BCUT2D eigenvalue weighted by Gasteiger charge is -2.09. The van der Waals surface area contributed by atoms with Gasteiger partial charge in [-0.15, -0.1) is 11.3 Å². The standard InChI is InChI=1S/C12H10N2O3S2/c1-8-6-9(15)2-4-11(8)14-19(16,17)12-5-3-10(7-13)18-12/h2-6,14-15H,1H3. The number of phenolic OH excluding ortho intramolecular Hbond substituents is 1. The maximum absolute atomic E-state index is 12.1. The third kappa shape index (κ3) is 2.86. The number of nitriles is 1. The van der Waals surface area contributed by atoms with Crippen molar-refractivity contribution in [2.24, 2.45) is 0 Å². The fourth-order valence-corrected chi connectivity index (χ4v) is 3.72. The molecule has 0 aliphatic carbocycles. The molecular formula is C12H10N2O3S2. The van der Waals surface area contributed by atoms with Crippen molar-refractivity contribution in [1.29, 1.82) is 5.26 Å². The van der Waals surface area contributed by atoms with E-state index in [0.29, 0.717) is 16.1 Å². The third-order valence-electron chi connectivity index (χ3n) is 2.41. The van der Waals surface area contributed by atoms with Crippen LogP contribution < -0.4 is 4.72 Å². The highest BCUT2D eigenvalue weighted by Crippen LogP contribution is 2.26. The molecule has 19 heavy (non-hydrogen) atoms. The molecule has 0 saturated carbocycles. The maximum atomic E-state index is 12.1. The van der Waals surface area contributed by atoms with Crippen molar-refractivity contribution in [3.63, 3.8) is 0 Å². The smallest absolute Gasteiger partial charge is 0.271 e. The van der Waals surface area contributed by atoms with Crippen LogP contribution in [0.4, 0.5) is 5.69 Å². The summed E-state index contributed by atoms with van der Waals surface area (Å²) in [5.41, 5.74) is 1.00. The Morgan fingerprint density at radius 1 is 1.32 bits per heavy atom. The van der Waals surface area contributed by atoms with Crippen molar-refractivity contribution in [3.8, 4) is 11.8 Å². The quantitative estimate of drug-likeness (QED) is 0.851. The summed E-state index contributed by atoms with van der Waals surface area (Å²) in [5.74, 6) is 0.0725. The number of benzene rings is 1. The molecule has 0 fully saturated rings. The Kier molecular flexibility index (Phi) is 3.46. The summed E-state index contributed by atoms with van der Waals surface area (Å²) >= 11 is 0.907. The molecule has 1 heterocycles. The zero-order valence-corrected chi connectivity index (χ0v) is 11.5. The highest BCUT2D eigenvalue weighted by Gasteiger charge is 2.17. The summed E-state index contributed by atoms with van der Waals surface area (Å²) in [5, 5.41) is 18.0. The second-order valence-electron chi connectivity index (χ2n) is 3.84. The zero-order valence-electron chi connectivity index (χ0n) is 9.91. The average molecular weight is 294 g/mol. The van der Waals surface area contributed by atoms with E-state index in [1.54, 1.807) is 6.92 Å². The molecule has 2 aromatic rings. The van der Waals surface area contributed by atoms with Crippen molar-refractivity contribution < 1.29 is 13.5 Å². The van der Waals surface area contributed by atoms with E-state index in [9.17, 15) is 13.5 Å². The van der Waals surface area contributed by atoms with Crippen LogP contribution in [-0.2, 0) is 10.0 Å². The van der Waals surface area contributed by atoms with Gasteiger partial charge in [-0.1, -0.05) is 0 Å². The zero-order chi connectivity index (χ0) is 14.0. The van der Waals surface area contributed by atoms with E-state index in [4.69, 9.17) is 5.26 Å². The second-order valence-corrected chi connectivity index (χ2v) is 6.83. The van der Waals surface area contributed by atoms with Crippen LogP contribution >= 0.6 is 11.3 Å². The van der Waals surface area contributed by atoms with E-state index in [1.807, 2.05) is 6.07 Å². The van der Waals surface area contributed by atoms with Crippen LogP contribution in [-0.4, -0.2) is 13.5 Å². The summed E-state index contributed by atoms with van der Waals surface area (Å²) in [6, 6.07) is 9.10. The Balaban J connectivity index is 2.34. The maximum Gasteiger partial charge on any atom is 0.271 e. The molecule has 0 amide bonds. The molecule has 1 aromatic carbocycles. The fraction of sp³-hybridized carbons (Fsp3) is 0.0833. The highest BCUT2D eigenvalue weighted by molar-refractivity contribution is 7.94. The number of aryl methyl sites for hydroxylation is 1. The lowest BCUT2D eigenvalue weighted by atomic mass is 10.2. The molecule has 98 valence electrons. The molecule has 0 spiro atoms. The second kappa shape index (κ2) is 4.91. The number of sulfonamides is 1. The van der Waals surface area contributed by atoms with Gasteiger partial charge in [0.15, 0.2) is 0 Å². The minimum absolute atomic E-state index is 0.0725. The van der Waals surface area contributed by atoms with Crippen molar-refractivity contribution in [2.45, 2.75) is 11.1 Å². The molecule has 0 unspecified atom stereocenters. The van der Waals surface area contributed by atoms with Crippen LogP contribution in [0.5, 0.6) is 5.75 Å². The largest absolute Gasteiger partial charge is 0.508 e. The van der Waals surface area contributed by atoms with Gasteiger partial charge < -0.3 is 5.11 Å². The van der Waals surface area contributed by atoms with Crippen LogP contribution in [0.25, 0.3) is 0 Å². The van der Waals surface area contributed by atoms with Crippen LogP contribution in [0.3, 0.4) is 0 Å². The van der Waals surface area contributed by atoms with Gasteiger partial charge in [0.05, 0.1) is 5.69 Å². The van der Waals surface area contributed by atoms with Crippen molar-refractivity contribution in [3.05, 3.63) is 40.8 Å². The summed E-state index contributed by atoms with van der Waals surface area (Å²) in [4.78, 5) is 0.336. The van der Waals surface area contributed by atoms with Gasteiger partial charge >= 0.3 is 0 Å². The number of nitrogens with zero attached hydrogens (tertiary/aromatic N) is 1. The molecule has 0 aliphatic rings. The Morgan fingerprint density at radius 2 is 2.05 bits per heavy atom. The number of aromatic hydroxyl groups is 1. The van der Waals surface area contributed by atoms with Crippen LogP contribution in [0.2, 0.25) is 0 Å². The number of phenols is 1. The van der Waals surface area contributed by atoms with E-state index < -0.39 is 10.0 Å². The van der Waals surface area contributed by atoms with Crippen LogP contribution in [0.1, 0.15) is 10.4 Å². The van der Waals surface area contributed by atoms with Crippen molar-refractivity contribution >= 4 is 27.0 Å². The minimum Gasteiger partial charge on any atom is -0.508 e. The Hall–Kier alpha value is -2.04. The number of thiophene rings is 1. The lowest BCUT2D eigenvalue weighted by Crippen LogP contribution is -2.12. The van der Waals surface area contributed by atoms with Gasteiger partial charge in [-0.3, -0.25) is 4.72 Å². The minimum atomic E-state index is -3.70. The number of hydrogen-bond donors (Lipinski definition) is 2. The van der Waals surface area contributed by atoms with E-state index in [-0.39, 0.29) is 9.96 Å². The molecule has 0 aliphatic heterocycles. The van der Waals surface area contributed by atoms with Crippen molar-refractivity contribution in [1.82, 2.24) is 0 Å². The van der Waals surface area contributed by atoms with Gasteiger partial charge in [-0.25, -0.2) is 8.42 Å². The van der Waals surface area contributed by atoms with Gasteiger partial charge in [-0.2, -0.15) is 5.26 Å². The Bertz CT molecular complexity index is 758. The first-order chi connectivity index (χ1) is 8.92. The van der Waals surface area contributed by atoms with Gasteiger partial charge in [-0.05, 0) is 42.8 Å².